The van der Waals surface area contributed by atoms with Crippen molar-refractivity contribution in [3.8, 4) is 0 Å². The van der Waals surface area contributed by atoms with E-state index < -0.39 is 6.10 Å². The molecule has 1 rings (SSSR count). The molecule has 6 nitrogen and oxygen atoms in total. The normalized spacial score (nSPS) is 13.6. The summed E-state index contributed by atoms with van der Waals surface area (Å²) < 4.78 is 0. The van der Waals surface area contributed by atoms with Gasteiger partial charge in [0, 0.05) is 6.54 Å². The van der Waals surface area contributed by atoms with Crippen LogP contribution >= 0.6 is 0 Å². The van der Waals surface area contributed by atoms with Gasteiger partial charge in [-0.3, -0.25) is 0 Å². The Labute approximate surface area is 76.7 Å². The van der Waals surface area contributed by atoms with Gasteiger partial charge in [0.05, 0.1) is 6.54 Å². The molecular formula is C7H15N5O. The minimum Gasteiger partial charge on any atom is -0.384 e. The Balaban J connectivity index is 2.63. The summed E-state index contributed by atoms with van der Waals surface area (Å²) in [5.74, 6) is 0.750. The lowest BCUT2D eigenvalue weighted by Crippen LogP contribution is -2.14. The van der Waals surface area contributed by atoms with E-state index in [0.717, 1.165) is 0 Å². The van der Waals surface area contributed by atoms with Gasteiger partial charge in [-0.2, -0.15) is 4.80 Å². The first-order valence-corrected chi connectivity index (χ1v) is 4.29. The maximum atomic E-state index is 9.27. The first-order chi connectivity index (χ1) is 6.13. The second-order valence-corrected chi connectivity index (χ2v) is 3.35. The molecule has 74 valence electrons. The lowest BCUT2D eigenvalue weighted by Gasteiger charge is -2.01. The number of aromatic nitrogens is 4. The Bertz CT molecular complexity index is 259. The van der Waals surface area contributed by atoms with Crippen LogP contribution in [0.1, 0.15) is 25.8 Å². The van der Waals surface area contributed by atoms with Crippen LogP contribution in [0.2, 0.25) is 0 Å². The lowest BCUT2D eigenvalue weighted by atomic mass is 10.2. The molecule has 1 heterocycles. The minimum atomic E-state index is -0.805. The molecule has 0 amide bonds. The fraction of sp³-hybridized carbons (Fsp3) is 0.857. The van der Waals surface area contributed by atoms with E-state index in [1.165, 1.54) is 4.80 Å². The van der Waals surface area contributed by atoms with Crippen molar-refractivity contribution in [1.29, 1.82) is 0 Å². The van der Waals surface area contributed by atoms with Gasteiger partial charge in [0.15, 0.2) is 0 Å². The van der Waals surface area contributed by atoms with Gasteiger partial charge < -0.3 is 10.8 Å². The van der Waals surface area contributed by atoms with Crippen LogP contribution in [-0.2, 0) is 6.54 Å². The molecule has 0 aliphatic carbocycles. The summed E-state index contributed by atoms with van der Waals surface area (Å²) in [5.41, 5.74) is 5.25. The third-order valence-corrected chi connectivity index (χ3v) is 1.52. The molecule has 0 fully saturated rings. The monoisotopic (exact) mass is 185 g/mol. The van der Waals surface area contributed by atoms with Crippen molar-refractivity contribution in [3.05, 3.63) is 5.82 Å². The summed E-state index contributed by atoms with van der Waals surface area (Å²) in [6.07, 6.45) is -0.805. The molecule has 1 aromatic rings. The summed E-state index contributed by atoms with van der Waals surface area (Å²) in [6, 6.07) is 0. The summed E-state index contributed by atoms with van der Waals surface area (Å²) in [6.45, 7) is 4.93. The highest BCUT2D eigenvalue weighted by atomic mass is 16.3. The van der Waals surface area contributed by atoms with E-state index in [4.69, 9.17) is 5.73 Å². The summed E-state index contributed by atoms with van der Waals surface area (Å²) in [4.78, 5) is 1.47. The van der Waals surface area contributed by atoms with Gasteiger partial charge in [0.2, 0.25) is 5.82 Å². The first kappa shape index (κ1) is 10.1. The van der Waals surface area contributed by atoms with Gasteiger partial charge >= 0.3 is 0 Å². The zero-order valence-electron chi connectivity index (χ0n) is 7.88. The van der Waals surface area contributed by atoms with Crippen LogP contribution in [0.4, 0.5) is 0 Å². The Kier molecular flexibility index (Phi) is 3.32. The number of hydrogen-bond donors (Lipinski definition) is 2. The van der Waals surface area contributed by atoms with Crippen LogP contribution in [-0.4, -0.2) is 31.9 Å². The Morgan fingerprint density at radius 2 is 2.23 bits per heavy atom. The van der Waals surface area contributed by atoms with E-state index in [2.05, 4.69) is 29.3 Å². The SMILES string of the molecule is CC(C)Cn1nnc(C(O)CN)n1. The number of rotatable bonds is 4. The molecule has 0 saturated heterocycles. The number of tetrazole rings is 1. The summed E-state index contributed by atoms with van der Waals surface area (Å²) in [5, 5.41) is 20.7. The predicted octanol–water partition coefficient (Wildman–Crippen LogP) is -0.679. The van der Waals surface area contributed by atoms with Gasteiger partial charge in [0.1, 0.15) is 6.10 Å². The molecule has 6 heteroatoms. The Morgan fingerprint density at radius 3 is 2.77 bits per heavy atom. The standard InChI is InChI=1S/C7H15N5O/c1-5(2)4-12-10-7(9-11-12)6(13)3-8/h5-6,13H,3-4,8H2,1-2H3. The van der Waals surface area contributed by atoms with Gasteiger partial charge in [-0.15, -0.1) is 10.2 Å². The third kappa shape index (κ3) is 2.74. The molecule has 0 bridgehead atoms. The van der Waals surface area contributed by atoms with Crippen molar-refractivity contribution in [3.63, 3.8) is 0 Å². The van der Waals surface area contributed by atoms with Gasteiger partial charge in [-0.25, -0.2) is 0 Å². The summed E-state index contributed by atoms with van der Waals surface area (Å²) >= 11 is 0. The quantitative estimate of drug-likeness (QED) is 0.648. The molecule has 0 spiro atoms. The number of aliphatic hydroxyl groups excluding tert-OH is 1. The smallest absolute Gasteiger partial charge is 0.204 e. The number of nitrogens with zero attached hydrogens (tertiary/aromatic N) is 4. The fourth-order valence-corrected chi connectivity index (χ4v) is 0.898. The zero-order valence-corrected chi connectivity index (χ0v) is 7.88. The highest BCUT2D eigenvalue weighted by Crippen LogP contribution is 2.03. The highest BCUT2D eigenvalue weighted by Gasteiger charge is 2.11. The molecule has 1 aromatic heterocycles. The average Bonchev–Trinajstić information content (AvgIpc) is 2.50. The second kappa shape index (κ2) is 4.29. The van der Waals surface area contributed by atoms with Crippen molar-refractivity contribution in [2.45, 2.75) is 26.5 Å². The maximum absolute atomic E-state index is 9.27. The van der Waals surface area contributed by atoms with Crippen molar-refractivity contribution < 1.29 is 5.11 Å². The fourth-order valence-electron chi connectivity index (χ4n) is 0.898. The number of hydrogen-bond acceptors (Lipinski definition) is 5. The predicted molar refractivity (Wildman–Crippen MR) is 46.7 cm³/mol. The maximum Gasteiger partial charge on any atom is 0.204 e. The third-order valence-electron chi connectivity index (χ3n) is 1.52. The minimum absolute atomic E-state index is 0.118. The largest absolute Gasteiger partial charge is 0.384 e. The van der Waals surface area contributed by atoms with Gasteiger partial charge in [0.25, 0.3) is 0 Å². The molecule has 0 aliphatic rings. The number of nitrogens with two attached hydrogens (primary N) is 1. The molecule has 13 heavy (non-hydrogen) atoms. The van der Waals surface area contributed by atoms with Crippen LogP contribution in [0.25, 0.3) is 0 Å². The molecule has 0 aromatic carbocycles. The van der Waals surface area contributed by atoms with Crippen LogP contribution < -0.4 is 5.73 Å². The zero-order chi connectivity index (χ0) is 9.84. The second-order valence-electron chi connectivity index (χ2n) is 3.35. The van der Waals surface area contributed by atoms with Crippen molar-refractivity contribution in [2.75, 3.05) is 6.54 Å². The van der Waals surface area contributed by atoms with Crippen molar-refractivity contribution in [2.24, 2.45) is 11.7 Å². The van der Waals surface area contributed by atoms with Crippen molar-refractivity contribution >= 4 is 0 Å². The molecule has 0 aliphatic heterocycles. The Morgan fingerprint density at radius 1 is 1.54 bits per heavy atom. The highest BCUT2D eigenvalue weighted by molar-refractivity contribution is 4.84. The molecule has 0 radical (unpaired) electrons. The lowest BCUT2D eigenvalue weighted by molar-refractivity contribution is 0.176. The van der Waals surface area contributed by atoms with E-state index in [0.29, 0.717) is 18.3 Å². The van der Waals surface area contributed by atoms with E-state index in [9.17, 15) is 5.11 Å². The van der Waals surface area contributed by atoms with E-state index in [-0.39, 0.29) is 6.54 Å². The molecule has 3 N–H and O–H groups in total. The number of aliphatic hydroxyl groups is 1. The van der Waals surface area contributed by atoms with Gasteiger partial charge in [-0.05, 0) is 11.1 Å². The van der Waals surface area contributed by atoms with E-state index in [1.54, 1.807) is 0 Å². The van der Waals surface area contributed by atoms with Gasteiger partial charge in [-0.1, -0.05) is 13.8 Å². The molecule has 1 unspecified atom stereocenters. The topological polar surface area (TPSA) is 89.8 Å². The average molecular weight is 185 g/mol. The van der Waals surface area contributed by atoms with Crippen LogP contribution in [0.5, 0.6) is 0 Å². The first-order valence-electron chi connectivity index (χ1n) is 4.29. The van der Waals surface area contributed by atoms with Crippen molar-refractivity contribution in [1.82, 2.24) is 20.2 Å². The summed E-state index contributed by atoms with van der Waals surface area (Å²) in [7, 11) is 0. The van der Waals surface area contributed by atoms with E-state index >= 15 is 0 Å². The Hall–Kier alpha value is -1.01. The van der Waals surface area contributed by atoms with Crippen LogP contribution in [0.3, 0.4) is 0 Å². The van der Waals surface area contributed by atoms with Crippen LogP contribution in [0, 0.1) is 5.92 Å². The van der Waals surface area contributed by atoms with Crippen LogP contribution in [0.15, 0.2) is 0 Å². The molecule has 1 atom stereocenters. The molecule has 0 saturated carbocycles. The van der Waals surface area contributed by atoms with E-state index in [1.807, 2.05) is 0 Å². The molecular weight excluding hydrogens is 170 g/mol.